The number of nitrogens with one attached hydrogen (secondary N) is 1. The number of hydrogen-bond donors (Lipinski definition) is 1. The Kier molecular flexibility index (Phi) is 4.72. The molecule has 3 aromatic rings. The van der Waals surface area contributed by atoms with Gasteiger partial charge in [-0.15, -0.1) is 0 Å². The van der Waals surface area contributed by atoms with Crippen LogP contribution in [0.4, 0.5) is 5.69 Å². The molecule has 0 saturated heterocycles. The van der Waals surface area contributed by atoms with Crippen LogP contribution < -0.4 is 5.32 Å². The Morgan fingerprint density at radius 2 is 1.81 bits per heavy atom. The maximum Gasteiger partial charge on any atom is 0.279 e. The van der Waals surface area contributed by atoms with Crippen molar-refractivity contribution in [2.24, 2.45) is 4.99 Å². The van der Waals surface area contributed by atoms with Crippen LogP contribution in [0.25, 0.3) is 10.9 Å². The standard InChI is InChI=1S/C20H16Cl2N4O/c1-12-4-2-5-13-8-9-16(24-17(12)13)19(27)26-11-10-23-20(26)25-18-14(21)6-3-7-15(18)22/h2-9H,10-11H2,1H3,(H,23,25). The number of amides is 1. The number of anilines is 1. The first-order chi connectivity index (χ1) is 13.0. The molecule has 1 amide bonds. The summed E-state index contributed by atoms with van der Waals surface area (Å²) in [7, 11) is 0. The van der Waals surface area contributed by atoms with E-state index in [1.807, 2.05) is 31.2 Å². The molecule has 0 bridgehead atoms. The molecular weight excluding hydrogens is 383 g/mol. The highest BCUT2D eigenvalue weighted by Gasteiger charge is 2.27. The molecule has 0 spiro atoms. The molecule has 7 heteroatoms. The third-order valence-electron chi connectivity index (χ3n) is 4.43. The van der Waals surface area contributed by atoms with Crippen molar-refractivity contribution in [1.82, 2.24) is 9.88 Å². The van der Waals surface area contributed by atoms with Crippen LogP contribution in [0, 0.1) is 6.92 Å². The Balaban J connectivity index is 1.64. The monoisotopic (exact) mass is 398 g/mol. The number of para-hydroxylation sites is 2. The highest BCUT2D eigenvalue weighted by molar-refractivity contribution is 6.40. The number of halogens is 2. The second-order valence-electron chi connectivity index (χ2n) is 6.23. The molecule has 0 radical (unpaired) electrons. The van der Waals surface area contributed by atoms with E-state index in [-0.39, 0.29) is 5.91 Å². The number of fused-ring (bicyclic) bond motifs is 1. The summed E-state index contributed by atoms with van der Waals surface area (Å²) in [6, 6.07) is 14.8. The Morgan fingerprint density at radius 3 is 2.59 bits per heavy atom. The minimum Gasteiger partial charge on any atom is -0.323 e. The number of aromatic nitrogens is 1. The lowest BCUT2D eigenvalue weighted by Gasteiger charge is -2.20. The third-order valence-corrected chi connectivity index (χ3v) is 5.06. The number of hydrogen-bond acceptors (Lipinski definition) is 4. The Morgan fingerprint density at radius 1 is 1.07 bits per heavy atom. The van der Waals surface area contributed by atoms with Crippen molar-refractivity contribution in [3.8, 4) is 0 Å². The lowest BCUT2D eigenvalue weighted by Crippen LogP contribution is -2.38. The highest BCUT2D eigenvalue weighted by atomic mass is 35.5. The maximum absolute atomic E-state index is 13.0. The Hall–Kier alpha value is -2.63. The van der Waals surface area contributed by atoms with Crippen molar-refractivity contribution < 1.29 is 4.79 Å². The van der Waals surface area contributed by atoms with E-state index in [2.05, 4.69) is 15.3 Å². The highest BCUT2D eigenvalue weighted by Crippen LogP contribution is 2.30. The number of rotatable bonds is 2. The van der Waals surface area contributed by atoms with E-state index in [4.69, 9.17) is 23.2 Å². The SMILES string of the molecule is Cc1cccc2ccc(C(=O)N3CCN=C3Nc3c(Cl)cccc3Cl)nc12. The maximum atomic E-state index is 13.0. The van der Waals surface area contributed by atoms with E-state index in [1.165, 1.54) is 0 Å². The molecule has 1 aliphatic heterocycles. The van der Waals surface area contributed by atoms with Gasteiger partial charge >= 0.3 is 0 Å². The van der Waals surface area contributed by atoms with E-state index in [0.29, 0.717) is 40.5 Å². The van der Waals surface area contributed by atoms with Gasteiger partial charge in [0.15, 0.2) is 0 Å². The lowest BCUT2D eigenvalue weighted by atomic mass is 10.1. The zero-order valence-electron chi connectivity index (χ0n) is 14.5. The van der Waals surface area contributed by atoms with E-state index in [0.717, 1.165) is 16.5 Å². The second kappa shape index (κ2) is 7.18. The van der Waals surface area contributed by atoms with Crippen molar-refractivity contribution in [2.45, 2.75) is 6.92 Å². The molecule has 0 saturated carbocycles. The molecule has 27 heavy (non-hydrogen) atoms. The summed E-state index contributed by atoms with van der Waals surface area (Å²) in [5.74, 6) is 0.203. The van der Waals surface area contributed by atoms with Crippen LogP contribution >= 0.6 is 23.2 Å². The van der Waals surface area contributed by atoms with Crippen molar-refractivity contribution >= 4 is 51.7 Å². The van der Waals surface area contributed by atoms with Crippen LogP contribution in [-0.2, 0) is 0 Å². The van der Waals surface area contributed by atoms with Crippen molar-refractivity contribution in [3.63, 3.8) is 0 Å². The van der Waals surface area contributed by atoms with Crippen molar-refractivity contribution in [3.05, 3.63) is 69.8 Å². The van der Waals surface area contributed by atoms with Crippen LogP contribution in [0.15, 0.2) is 53.5 Å². The van der Waals surface area contributed by atoms with E-state index in [1.54, 1.807) is 29.2 Å². The number of guanidine groups is 1. The minimum absolute atomic E-state index is 0.216. The first-order valence-electron chi connectivity index (χ1n) is 8.48. The van der Waals surface area contributed by atoms with Gasteiger partial charge < -0.3 is 5.32 Å². The quantitative estimate of drug-likeness (QED) is 0.675. The predicted molar refractivity (Wildman–Crippen MR) is 110 cm³/mol. The third kappa shape index (κ3) is 3.36. The largest absolute Gasteiger partial charge is 0.323 e. The van der Waals surface area contributed by atoms with Gasteiger partial charge in [0.05, 0.1) is 27.8 Å². The van der Waals surface area contributed by atoms with Crippen LogP contribution in [0.5, 0.6) is 0 Å². The minimum atomic E-state index is -0.216. The summed E-state index contributed by atoms with van der Waals surface area (Å²) in [6.45, 7) is 2.95. The molecule has 5 nitrogen and oxygen atoms in total. The molecule has 2 heterocycles. The van der Waals surface area contributed by atoms with Gasteiger partial charge in [-0.1, -0.05) is 53.5 Å². The van der Waals surface area contributed by atoms with Crippen LogP contribution in [0.1, 0.15) is 16.1 Å². The second-order valence-corrected chi connectivity index (χ2v) is 7.04. The number of nitrogens with zero attached hydrogens (tertiary/aromatic N) is 3. The molecule has 136 valence electrons. The number of pyridine rings is 1. The van der Waals surface area contributed by atoms with Gasteiger partial charge in [-0.3, -0.25) is 14.7 Å². The van der Waals surface area contributed by atoms with E-state index < -0.39 is 0 Å². The molecule has 0 fully saturated rings. The number of benzene rings is 2. The van der Waals surface area contributed by atoms with Crippen LogP contribution in [-0.4, -0.2) is 34.8 Å². The molecule has 1 aliphatic rings. The number of aliphatic imine (C=N–C) groups is 1. The summed E-state index contributed by atoms with van der Waals surface area (Å²) >= 11 is 12.4. The van der Waals surface area contributed by atoms with Gasteiger partial charge in [0.25, 0.3) is 5.91 Å². The van der Waals surface area contributed by atoms with Crippen molar-refractivity contribution in [1.29, 1.82) is 0 Å². The Labute approximate surface area is 166 Å². The molecule has 0 aliphatic carbocycles. The molecule has 1 aromatic heterocycles. The number of aryl methyl sites for hydroxylation is 1. The number of carbonyl (C=O) groups is 1. The average Bonchev–Trinajstić information content (AvgIpc) is 3.12. The molecular formula is C20H16Cl2N4O. The lowest BCUT2D eigenvalue weighted by molar-refractivity contribution is 0.0852. The Bertz CT molecular complexity index is 1060. The normalized spacial score (nSPS) is 13.7. The fourth-order valence-corrected chi connectivity index (χ4v) is 3.53. The molecule has 0 atom stereocenters. The van der Waals surface area contributed by atoms with Gasteiger partial charge in [-0.05, 0) is 30.7 Å². The zero-order chi connectivity index (χ0) is 19.0. The van der Waals surface area contributed by atoms with Gasteiger partial charge in [0, 0.05) is 11.9 Å². The van der Waals surface area contributed by atoms with Gasteiger partial charge in [-0.2, -0.15) is 0 Å². The van der Waals surface area contributed by atoms with Crippen LogP contribution in [0.3, 0.4) is 0 Å². The average molecular weight is 399 g/mol. The summed E-state index contributed by atoms with van der Waals surface area (Å²) in [6.07, 6.45) is 0. The smallest absolute Gasteiger partial charge is 0.279 e. The summed E-state index contributed by atoms with van der Waals surface area (Å²) in [4.78, 5) is 23.6. The van der Waals surface area contributed by atoms with E-state index in [9.17, 15) is 4.79 Å². The topological polar surface area (TPSA) is 57.6 Å². The first-order valence-corrected chi connectivity index (χ1v) is 9.24. The summed E-state index contributed by atoms with van der Waals surface area (Å²) < 4.78 is 0. The fraction of sp³-hybridized carbons (Fsp3) is 0.150. The van der Waals surface area contributed by atoms with E-state index >= 15 is 0 Å². The van der Waals surface area contributed by atoms with Gasteiger partial charge in [0.2, 0.25) is 5.96 Å². The zero-order valence-corrected chi connectivity index (χ0v) is 16.1. The molecule has 0 unspecified atom stereocenters. The fourth-order valence-electron chi connectivity index (χ4n) is 3.03. The molecule has 1 N–H and O–H groups in total. The number of carbonyl (C=O) groups excluding carboxylic acids is 1. The summed E-state index contributed by atoms with van der Waals surface area (Å²) in [5, 5.41) is 5.02. The first kappa shape index (κ1) is 17.8. The van der Waals surface area contributed by atoms with Crippen molar-refractivity contribution in [2.75, 3.05) is 18.4 Å². The van der Waals surface area contributed by atoms with Gasteiger partial charge in [-0.25, -0.2) is 4.98 Å². The molecule has 2 aromatic carbocycles. The van der Waals surface area contributed by atoms with Gasteiger partial charge in [0.1, 0.15) is 5.69 Å². The molecule has 4 rings (SSSR count). The van der Waals surface area contributed by atoms with Crippen LogP contribution in [0.2, 0.25) is 10.0 Å². The predicted octanol–water partition coefficient (Wildman–Crippen LogP) is 4.77. The summed E-state index contributed by atoms with van der Waals surface area (Å²) in [5.41, 5.74) is 2.75.